The third-order valence-electron chi connectivity index (χ3n) is 3.75. The van der Waals surface area contributed by atoms with Crippen molar-refractivity contribution in [2.45, 2.75) is 39.0 Å². The SMILES string of the molecule is CCCC1CCc2sc(C(=O)Nn3cnnc3)cc2C1. The summed E-state index contributed by atoms with van der Waals surface area (Å²) in [6, 6.07) is 2.06. The second kappa shape index (κ2) is 5.75. The second-order valence-electron chi connectivity index (χ2n) is 5.27. The Hall–Kier alpha value is -1.69. The molecular weight excluding hydrogens is 272 g/mol. The molecule has 1 atom stereocenters. The van der Waals surface area contributed by atoms with Crippen molar-refractivity contribution >= 4 is 17.2 Å². The Morgan fingerprint density at radius 1 is 1.50 bits per heavy atom. The van der Waals surface area contributed by atoms with E-state index in [1.54, 1.807) is 11.3 Å². The number of nitrogens with one attached hydrogen (secondary N) is 1. The number of hydrogen-bond donors (Lipinski definition) is 1. The van der Waals surface area contributed by atoms with Crippen molar-refractivity contribution in [2.75, 3.05) is 5.43 Å². The standard InChI is InChI=1S/C14H18N4OS/c1-2-3-10-4-5-12-11(6-10)7-13(20-12)14(19)17-18-8-15-16-9-18/h7-10H,2-6H2,1H3,(H,17,19). The zero-order valence-corrected chi connectivity index (χ0v) is 12.3. The van der Waals surface area contributed by atoms with Crippen LogP contribution >= 0.6 is 11.3 Å². The van der Waals surface area contributed by atoms with Gasteiger partial charge in [0.1, 0.15) is 12.7 Å². The van der Waals surface area contributed by atoms with Crippen LogP contribution in [0.4, 0.5) is 0 Å². The molecule has 6 heteroatoms. The average molecular weight is 290 g/mol. The van der Waals surface area contributed by atoms with Gasteiger partial charge in [0.25, 0.3) is 5.91 Å². The van der Waals surface area contributed by atoms with Crippen LogP contribution in [0.2, 0.25) is 0 Å². The van der Waals surface area contributed by atoms with E-state index in [4.69, 9.17) is 0 Å². The predicted octanol–water partition coefficient (Wildman–Crippen LogP) is 2.63. The normalized spacial score (nSPS) is 17.8. The lowest BCUT2D eigenvalue weighted by Crippen LogP contribution is -2.20. The van der Waals surface area contributed by atoms with Crippen molar-refractivity contribution in [3.8, 4) is 0 Å². The molecule has 0 spiro atoms. The monoisotopic (exact) mass is 290 g/mol. The van der Waals surface area contributed by atoms with E-state index in [2.05, 4.69) is 28.6 Å². The smallest absolute Gasteiger partial charge is 0.266 e. The van der Waals surface area contributed by atoms with E-state index in [1.807, 2.05) is 0 Å². The van der Waals surface area contributed by atoms with Gasteiger partial charge >= 0.3 is 0 Å². The Morgan fingerprint density at radius 3 is 3.05 bits per heavy atom. The molecule has 0 saturated heterocycles. The van der Waals surface area contributed by atoms with Gasteiger partial charge in [-0.05, 0) is 36.8 Å². The molecule has 2 aromatic heterocycles. The van der Waals surface area contributed by atoms with Crippen LogP contribution in [0.1, 0.15) is 46.3 Å². The van der Waals surface area contributed by atoms with Crippen molar-refractivity contribution in [3.05, 3.63) is 34.0 Å². The zero-order valence-electron chi connectivity index (χ0n) is 11.5. The maximum absolute atomic E-state index is 12.2. The fourth-order valence-electron chi connectivity index (χ4n) is 2.80. The molecule has 0 aliphatic heterocycles. The fraction of sp³-hybridized carbons (Fsp3) is 0.500. The highest BCUT2D eigenvalue weighted by molar-refractivity contribution is 7.14. The van der Waals surface area contributed by atoms with Gasteiger partial charge in [-0.25, -0.2) is 4.68 Å². The molecule has 2 aromatic rings. The minimum atomic E-state index is -0.0868. The summed E-state index contributed by atoms with van der Waals surface area (Å²) in [4.78, 5) is 14.3. The van der Waals surface area contributed by atoms with Gasteiger partial charge in [-0.2, -0.15) is 0 Å². The number of carbonyl (C=O) groups excluding carboxylic acids is 1. The summed E-state index contributed by atoms with van der Waals surface area (Å²) in [6.07, 6.45) is 8.98. The molecule has 5 nitrogen and oxygen atoms in total. The molecule has 20 heavy (non-hydrogen) atoms. The first-order chi connectivity index (χ1) is 9.76. The van der Waals surface area contributed by atoms with Crippen molar-refractivity contribution in [3.63, 3.8) is 0 Å². The number of rotatable bonds is 4. The molecule has 0 aromatic carbocycles. The minimum absolute atomic E-state index is 0.0868. The number of carbonyl (C=O) groups is 1. The highest BCUT2D eigenvalue weighted by Crippen LogP contribution is 2.34. The molecule has 0 bridgehead atoms. The van der Waals surface area contributed by atoms with E-state index in [0.717, 1.165) is 23.6 Å². The maximum atomic E-state index is 12.2. The summed E-state index contributed by atoms with van der Waals surface area (Å²) >= 11 is 1.62. The highest BCUT2D eigenvalue weighted by atomic mass is 32.1. The van der Waals surface area contributed by atoms with Crippen LogP contribution in [0, 0.1) is 5.92 Å². The van der Waals surface area contributed by atoms with E-state index in [-0.39, 0.29) is 5.91 Å². The summed E-state index contributed by atoms with van der Waals surface area (Å²) < 4.78 is 1.47. The molecular formula is C14H18N4OS. The number of aryl methyl sites for hydroxylation is 1. The van der Waals surface area contributed by atoms with Gasteiger partial charge in [-0.1, -0.05) is 19.8 Å². The molecule has 106 valence electrons. The van der Waals surface area contributed by atoms with Gasteiger partial charge < -0.3 is 0 Å². The van der Waals surface area contributed by atoms with Crippen LogP contribution in [0.3, 0.4) is 0 Å². The van der Waals surface area contributed by atoms with Gasteiger partial charge in [-0.15, -0.1) is 21.5 Å². The van der Waals surface area contributed by atoms with Crippen LogP contribution < -0.4 is 5.43 Å². The zero-order chi connectivity index (χ0) is 13.9. The first-order valence-electron chi connectivity index (χ1n) is 7.04. The number of hydrogen-bond acceptors (Lipinski definition) is 4. The largest absolute Gasteiger partial charge is 0.280 e. The van der Waals surface area contributed by atoms with Gasteiger partial charge in [0.2, 0.25) is 0 Å². The molecule has 1 N–H and O–H groups in total. The number of thiophene rings is 1. The van der Waals surface area contributed by atoms with Crippen molar-refractivity contribution in [2.24, 2.45) is 5.92 Å². The first kappa shape index (κ1) is 13.3. The van der Waals surface area contributed by atoms with Crippen molar-refractivity contribution in [1.29, 1.82) is 0 Å². The molecule has 1 aliphatic carbocycles. The average Bonchev–Trinajstić information content (AvgIpc) is 3.07. The summed E-state index contributed by atoms with van der Waals surface area (Å²) in [5.74, 6) is 0.701. The van der Waals surface area contributed by atoms with Crippen LogP contribution in [-0.4, -0.2) is 20.8 Å². The summed E-state index contributed by atoms with van der Waals surface area (Å²) in [5, 5.41) is 7.33. The van der Waals surface area contributed by atoms with E-state index < -0.39 is 0 Å². The number of nitrogens with zero attached hydrogens (tertiary/aromatic N) is 3. The molecule has 3 rings (SSSR count). The van der Waals surface area contributed by atoms with Gasteiger partial charge in [0.05, 0.1) is 4.88 Å². The van der Waals surface area contributed by atoms with Crippen molar-refractivity contribution < 1.29 is 4.79 Å². The predicted molar refractivity (Wildman–Crippen MR) is 78.5 cm³/mol. The number of fused-ring (bicyclic) bond motifs is 1. The Bertz CT molecular complexity index is 590. The number of amides is 1. The van der Waals surface area contributed by atoms with Gasteiger partial charge in [-0.3, -0.25) is 10.2 Å². The van der Waals surface area contributed by atoms with Crippen LogP contribution in [0.5, 0.6) is 0 Å². The Morgan fingerprint density at radius 2 is 2.30 bits per heavy atom. The second-order valence-corrected chi connectivity index (χ2v) is 6.40. The summed E-state index contributed by atoms with van der Waals surface area (Å²) in [6.45, 7) is 2.24. The maximum Gasteiger partial charge on any atom is 0.280 e. The van der Waals surface area contributed by atoms with E-state index >= 15 is 0 Å². The topological polar surface area (TPSA) is 59.8 Å². The lowest BCUT2D eigenvalue weighted by Gasteiger charge is -2.21. The highest BCUT2D eigenvalue weighted by Gasteiger charge is 2.22. The molecule has 1 unspecified atom stereocenters. The summed E-state index contributed by atoms with van der Waals surface area (Å²) in [5.41, 5.74) is 4.12. The molecule has 1 amide bonds. The van der Waals surface area contributed by atoms with Gasteiger partial charge in [0, 0.05) is 4.88 Å². The number of aromatic nitrogens is 3. The van der Waals surface area contributed by atoms with Gasteiger partial charge in [0.15, 0.2) is 0 Å². The first-order valence-corrected chi connectivity index (χ1v) is 7.85. The fourth-order valence-corrected chi connectivity index (χ4v) is 3.89. The molecule has 0 fully saturated rings. The van der Waals surface area contributed by atoms with Crippen LogP contribution in [-0.2, 0) is 12.8 Å². The van der Waals surface area contributed by atoms with E-state index in [0.29, 0.717) is 0 Å². The van der Waals surface area contributed by atoms with Crippen LogP contribution in [0.15, 0.2) is 18.7 Å². The molecule has 0 saturated carbocycles. The van der Waals surface area contributed by atoms with E-state index in [9.17, 15) is 4.79 Å². The lowest BCUT2D eigenvalue weighted by molar-refractivity contribution is 0.101. The third kappa shape index (κ3) is 2.75. The molecule has 0 radical (unpaired) electrons. The van der Waals surface area contributed by atoms with Crippen molar-refractivity contribution in [1.82, 2.24) is 14.9 Å². The molecule has 2 heterocycles. The lowest BCUT2D eigenvalue weighted by atomic mass is 9.85. The third-order valence-corrected chi connectivity index (χ3v) is 4.99. The quantitative estimate of drug-likeness (QED) is 0.941. The van der Waals surface area contributed by atoms with Crippen LogP contribution in [0.25, 0.3) is 0 Å². The minimum Gasteiger partial charge on any atom is -0.266 e. The molecule has 1 aliphatic rings. The summed E-state index contributed by atoms with van der Waals surface area (Å²) in [7, 11) is 0. The van der Waals surface area contributed by atoms with E-state index in [1.165, 1.54) is 47.0 Å². The Kier molecular flexibility index (Phi) is 3.82. The Labute approximate surface area is 122 Å². The Balaban J connectivity index is 1.71.